The average Bonchev–Trinajstić information content (AvgIpc) is 3.28. The number of halogens is 3. The van der Waals surface area contributed by atoms with Gasteiger partial charge in [-0.05, 0) is 49.2 Å². The van der Waals surface area contributed by atoms with E-state index in [1.165, 1.54) is 36.4 Å². The average molecular weight is 487 g/mol. The molecule has 3 N–H and O–H groups in total. The van der Waals surface area contributed by atoms with Crippen LogP contribution in [0.2, 0.25) is 0 Å². The molecule has 11 heteroatoms. The molecule has 1 aliphatic rings. The predicted octanol–water partition coefficient (Wildman–Crippen LogP) is 3.10. The van der Waals surface area contributed by atoms with Gasteiger partial charge in [0, 0.05) is 18.2 Å². The number of amides is 1. The summed E-state index contributed by atoms with van der Waals surface area (Å²) in [5.74, 6) is -0.672. The van der Waals surface area contributed by atoms with Crippen molar-refractivity contribution < 1.29 is 36.2 Å². The van der Waals surface area contributed by atoms with E-state index in [1.54, 1.807) is 0 Å². The van der Waals surface area contributed by atoms with E-state index in [4.69, 9.17) is 4.74 Å². The third-order valence-corrected chi connectivity index (χ3v) is 6.70. The number of aliphatic hydroxyl groups excluding tert-OH is 1. The minimum absolute atomic E-state index is 0.0320. The number of aliphatic hydroxyl groups is 1. The smallest absolute Gasteiger partial charge is 0.416 e. The fourth-order valence-corrected chi connectivity index (χ4v) is 4.81. The molecule has 0 aromatic heterocycles. The lowest BCUT2D eigenvalue weighted by atomic mass is 10.2. The van der Waals surface area contributed by atoms with Crippen molar-refractivity contribution in [2.75, 3.05) is 13.2 Å². The molecule has 1 atom stereocenters. The van der Waals surface area contributed by atoms with Crippen LogP contribution >= 0.6 is 0 Å². The second-order valence-corrected chi connectivity index (χ2v) is 9.54. The number of hydrogen-bond donors (Lipinski definition) is 3. The van der Waals surface area contributed by atoms with Gasteiger partial charge in [0.15, 0.2) is 0 Å². The summed E-state index contributed by atoms with van der Waals surface area (Å²) >= 11 is 0. The topological polar surface area (TPSA) is 105 Å². The third kappa shape index (κ3) is 7.18. The van der Waals surface area contributed by atoms with E-state index in [2.05, 4.69) is 10.0 Å². The van der Waals surface area contributed by atoms with Crippen LogP contribution in [0, 0.1) is 0 Å². The molecule has 1 amide bonds. The fourth-order valence-electron chi connectivity index (χ4n) is 3.46. The molecule has 33 heavy (non-hydrogen) atoms. The predicted molar refractivity (Wildman–Crippen MR) is 114 cm³/mol. The largest absolute Gasteiger partial charge is 0.491 e. The van der Waals surface area contributed by atoms with Crippen LogP contribution in [0.5, 0.6) is 5.75 Å². The number of benzene rings is 2. The number of ether oxygens (including phenoxy) is 1. The van der Waals surface area contributed by atoms with Crippen LogP contribution in [0.4, 0.5) is 13.2 Å². The molecule has 2 aromatic rings. The van der Waals surface area contributed by atoms with Crippen molar-refractivity contribution in [3.05, 3.63) is 59.7 Å². The summed E-state index contributed by atoms with van der Waals surface area (Å²) in [5, 5.41) is 12.5. The Morgan fingerprint density at radius 1 is 1.12 bits per heavy atom. The first-order valence-corrected chi connectivity index (χ1v) is 11.9. The molecule has 2 aromatic carbocycles. The highest BCUT2D eigenvalue weighted by atomic mass is 32.2. The zero-order chi connectivity index (χ0) is 24.1. The Morgan fingerprint density at radius 3 is 2.52 bits per heavy atom. The van der Waals surface area contributed by atoms with E-state index in [1.807, 2.05) is 0 Å². The van der Waals surface area contributed by atoms with Gasteiger partial charge < -0.3 is 15.2 Å². The van der Waals surface area contributed by atoms with Crippen LogP contribution < -0.4 is 14.8 Å². The van der Waals surface area contributed by atoms with Gasteiger partial charge in [-0.2, -0.15) is 13.2 Å². The molecule has 0 spiro atoms. The van der Waals surface area contributed by atoms with E-state index in [0.717, 1.165) is 37.8 Å². The summed E-state index contributed by atoms with van der Waals surface area (Å²) in [4.78, 5) is 12.4. The van der Waals surface area contributed by atoms with Gasteiger partial charge in [0.25, 0.3) is 5.91 Å². The van der Waals surface area contributed by atoms with Gasteiger partial charge in [-0.25, -0.2) is 13.1 Å². The molecule has 1 aliphatic carbocycles. The molecule has 0 aliphatic heterocycles. The Kier molecular flexibility index (Phi) is 7.98. The number of nitrogens with one attached hydrogen (secondary N) is 2. The molecule has 180 valence electrons. The number of carbonyl (C=O) groups is 1. The van der Waals surface area contributed by atoms with Crippen LogP contribution in [0.15, 0.2) is 53.4 Å². The molecule has 0 saturated heterocycles. The molecule has 0 bridgehead atoms. The second kappa shape index (κ2) is 10.5. The summed E-state index contributed by atoms with van der Waals surface area (Å²) in [6.07, 6.45) is -2.22. The first-order valence-electron chi connectivity index (χ1n) is 10.4. The number of hydrogen-bond acceptors (Lipinski definition) is 5. The Bertz CT molecular complexity index is 1070. The van der Waals surface area contributed by atoms with Gasteiger partial charge in [-0.3, -0.25) is 4.79 Å². The number of carbonyl (C=O) groups excluding carboxylic acids is 1. The van der Waals surface area contributed by atoms with Crippen LogP contribution in [0.25, 0.3) is 0 Å². The normalized spacial score (nSPS) is 15.9. The highest BCUT2D eigenvalue weighted by Crippen LogP contribution is 2.31. The van der Waals surface area contributed by atoms with E-state index >= 15 is 0 Å². The van der Waals surface area contributed by atoms with E-state index in [9.17, 15) is 31.5 Å². The molecule has 1 unspecified atom stereocenters. The Labute approximate surface area is 190 Å². The van der Waals surface area contributed by atoms with Gasteiger partial charge in [-0.1, -0.05) is 25.0 Å². The van der Waals surface area contributed by atoms with Gasteiger partial charge in [0.05, 0.1) is 10.5 Å². The Morgan fingerprint density at radius 2 is 1.82 bits per heavy atom. The van der Waals surface area contributed by atoms with Gasteiger partial charge in [-0.15, -0.1) is 0 Å². The summed E-state index contributed by atoms with van der Waals surface area (Å²) in [7, 11) is -3.76. The van der Waals surface area contributed by atoms with E-state index in [0.29, 0.717) is 0 Å². The van der Waals surface area contributed by atoms with Crippen molar-refractivity contribution >= 4 is 15.9 Å². The van der Waals surface area contributed by atoms with Crippen molar-refractivity contribution in [2.45, 2.75) is 48.9 Å². The van der Waals surface area contributed by atoms with E-state index < -0.39 is 33.8 Å². The van der Waals surface area contributed by atoms with Gasteiger partial charge in [0.2, 0.25) is 10.0 Å². The SMILES string of the molecule is O=C(NCC(O)COc1cccc(C(F)(F)F)c1)c1cccc(S(=O)(=O)NC2CCCC2)c1. The maximum atomic E-state index is 12.7. The Balaban J connectivity index is 1.52. The van der Waals surface area contributed by atoms with E-state index in [-0.39, 0.29) is 35.4 Å². The zero-order valence-electron chi connectivity index (χ0n) is 17.6. The zero-order valence-corrected chi connectivity index (χ0v) is 18.5. The van der Waals surface area contributed by atoms with Crippen molar-refractivity contribution in [3.63, 3.8) is 0 Å². The van der Waals surface area contributed by atoms with Gasteiger partial charge in [0.1, 0.15) is 18.5 Å². The lowest BCUT2D eigenvalue weighted by Gasteiger charge is -2.15. The summed E-state index contributed by atoms with van der Waals surface area (Å²) in [6.45, 7) is -0.587. The molecular weight excluding hydrogens is 461 g/mol. The molecule has 1 fully saturated rings. The minimum Gasteiger partial charge on any atom is -0.491 e. The van der Waals surface area contributed by atoms with Gasteiger partial charge >= 0.3 is 6.18 Å². The second-order valence-electron chi connectivity index (χ2n) is 7.83. The molecule has 3 rings (SSSR count). The highest BCUT2D eigenvalue weighted by Gasteiger charge is 2.30. The van der Waals surface area contributed by atoms with Crippen LogP contribution in [-0.2, 0) is 16.2 Å². The van der Waals surface area contributed by atoms with Crippen molar-refractivity contribution in [1.82, 2.24) is 10.0 Å². The summed E-state index contributed by atoms with van der Waals surface area (Å²) in [5.41, 5.74) is -0.782. The Hall–Kier alpha value is -2.63. The van der Waals surface area contributed by atoms with Crippen molar-refractivity contribution in [1.29, 1.82) is 0 Å². The van der Waals surface area contributed by atoms with Crippen molar-refractivity contribution in [2.24, 2.45) is 0 Å². The standard InChI is InChI=1S/C22H25F3N2O5S/c23-22(24,25)16-6-4-9-19(12-16)32-14-18(28)13-26-21(29)15-5-3-10-20(11-15)33(30,31)27-17-7-1-2-8-17/h3-6,9-12,17-18,27-28H,1-2,7-8,13-14H2,(H,26,29). The first-order chi connectivity index (χ1) is 15.5. The van der Waals surface area contributed by atoms with Crippen molar-refractivity contribution in [3.8, 4) is 5.75 Å². The summed E-state index contributed by atoms with van der Waals surface area (Å²) in [6, 6.07) is 9.66. The molecule has 1 saturated carbocycles. The fraction of sp³-hybridized carbons (Fsp3) is 0.409. The molecular formula is C22H25F3N2O5S. The lowest BCUT2D eigenvalue weighted by Crippen LogP contribution is -2.35. The maximum Gasteiger partial charge on any atom is 0.416 e. The highest BCUT2D eigenvalue weighted by molar-refractivity contribution is 7.89. The number of rotatable bonds is 9. The lowest BCUT2D eigenvalue weighted by molar-refractivity contribution is -0.137. The summed E-state index contributed by atoms with van der Waals surface area (Å²) < 4.78 is 71.2. The van der Waals surface area contributed by atoms with Crippen LogP contribution in [0.3, 0.4) is 0 Å². The minimum atomic E-state index is -4.51. The number of alkyl halides is 3. The first kappa shape index (κ1) is 25.0. The molecule has 0 heterocycles. The third-order valence-electron chi connectivity index (χ3n) is 5.19. The molecule has 7 nitrogen and oxygen atoms in total. The maximum absolute atomic E-state index is 12.7. The van der Waals surface area contributed by atoms with Crippen LogP contribution in [0.1, 0.15) is 41.6 Å². The quantitative estimate of drug-likeness (QED) is 0.505. The van der Waals surface area contributed by atoms with Crippen LogP contribution in [-0.4, -0.2) is 44.7 Å². The monoisotopic (exact) mass is 486 g/mol. The molecule has 0 radical (unpaired) electrons. The number of sulfonamides is 1.